The Hall–Kier alpha value is -3.55. The zero-order valence-corrected chi connectivity index (χ0v) is 17.8. The molecule has 0 spiro atoms. The summed E-state index contributed by atoms with van der Waals surface area (Å²) in [6.07, 6.45) is 0.764. The minimum absolute atomic E-state index is 0.377. The Morgan fingerprint density at radius 3 is 2.65 bits per heavy atom. The topological polar surface area (TPSA) is 97.0 Å². The van der Waals surface area contributed by atoms with Gasteiger partial charge in [-0.2, -0.15) is 0 Å². The van der Waals surface area contributed by atoms with Gasteiger partial charge in [0.15, 0.2) is 11.5 Å². The van der Waals surface area contributed by atoms with E-state index >= 15 is 0 Å². The lowest BCUT2D eigenvalue weighted by Crippen LogP contribution is -2.42. The minimum atomic E-state index is -1.30. The maximum absolute atomic E-state index is 13.2. The van der Waals surface area contributed by atoms with E-state index in [4.69, 9.17) is 9.47 Å². The summed E-state index contributed by atoms with van der Waals surface area (Å²) in [6.45, 7) is 6.16. The third kappa shape index (κ3) is 3.81. The second kappa shape index (κ2) is 7.94. The zero-order chi connectivity index (χ0) is 22.2. The van der Waals surface area contributed by atoms with Crippen molar-refractivity contribution in [1.82, 2.24) is 10.2 Å². The summed E-state index contributed by atoms with van der Waals surface area (Å²) in [6, 6.07) is 10.1. The van der Waals surface area contributed by atoms with Gasteiger partial charge in [0, 0.05) is 12.1 Å². The molecule has 8 nitrogen and oxygen atoms in total. The molecule has 0 aromatic heterocycles. The number of hydrogen-bond acceptors (Lipinski definition) is 5. The second-order valence-electron chi connectivity index (χ2n) is 7.95. The highest BCUT2D eigenvalue weighted by atomic mass is 16.5. The predicted octanol–water partition coefficient (Wildman–Crippen LogP) is 2.87. The van der Waals surface area contributed by atoms with E-state index in [-0.39, 0.29) is 6.54 Å². The van der Waals surface area contributed by atoms with Crippen molar-refractivity contribution in [3.8, 4) is 11.5 Å². The number of hydrogen-bond donors (Lipinski definition) is 2. The zero-order valence-electron chi connectivity index (χ0n) is 17.8. The largest absolute Gasteiger partial charge is 0.490 e. The molecule has 8 heteroatoms. The van der Waals surface area contributed by atoms with E-state index in [1.165, 1.54) is 0 Å². The van der Waals surface area contributed by atoms with Crippen molar-refractivity contribution < 1.29 is 23.9 Å². The van der Waals surface area contributed by atoms with Crippen LogP contribution in [0.5, 0.6) is 11.5 Å². The first-order valence-corrected chi connectivity index (χ1v) is 10.2. The van der Waals surface area contributed by atoms with Gasteiger partial charge in [-0.05, 0) is 55.7 Å². The molecular formula is C23H25N3O5. The SMILES string of the molecule is Cc1cccc(NC(=O)CN2C(=O)NC(C)(c3ccc4c(c3)OCCCO4)C2=O)c1C. The summed E-state index contributed by atoms with van der Waals surface area (Å²) in [5.74, 6) is 0.194. The third-order valence-electron chi connectivity index (χ3n) is 5.78. The Balaban J connectivity index is 1.52. The lowest BCUT2D eigenvalue weighted by molar-refractivity contribution is -0.133. The molecule has 162 valence electrons. The summed E-state index contributed by atoms with van der Waals surface area (Å²) in [7, 11) is 0. The van der Waals surface area contributed by atoms with Gasteiger partial charge in [-0.1, -0.05) is 18.2 Å². The maximum atomic E-state index is 13.2. The van der Waals surface area contributed by atoms with Crippen LogP contribution in [0.1, 0.15) is 30.0 Å². The first kappa shape index (κ1) is 20.7. The van der Waals surface area contributed by atoms with Gasteiger partial charge < -0.3 is 20.1 Å². The van der Waals surface area contributed by atoms with Crippen LogP contribution in [0.15, 0.2) is 36.4 Å². The number of amides is 4. The van der Waals surface area contributed by atoms with E-state index in [9.17, 15) is 14.4 Å². The molecule has 2 aromatic rings. The number of carbonyl (C=O) groups is 3. The molecule has 2 heterocycles. The molecule has 4 rings (SSSR count). The molecule has 2 aromatic carbocycles. The Bertz CT molecular complexity index is 1070. The summed E-state index contributed by atoms with van der Waals surface area (Å²) in [4.78, 5) is 39.3. The monoisotopic (exact) mass is 423 g/mol. The average Bonchev–Trinajstić information content (AvgIpc) is 2.91. The minimum Gasteiger partial charge on any atom is -0.490 e. The van der Waals surface area contributed by atoms with E-state index in [1.807, 2.05) is 26.0 Å². The van der Waals surface area contributed by atoms with Crippen molar-refractivity contribution in [2.45, 2.75) is 32.7 Å². The molecule has 2 aliphatic rings. The fourth-order valence-corrected chi connectivity index (χ4v) is 3.73. The molecule has 0 aliphatic carbocycles. The molecule has 2 aliphatic heterocycles. The average molecular weight is 423 g/mol. The molecule has 0 saturated carbocycles. The number of nitrogens with one attached hydrogen (secondary N) is 2. The molecule has 2 N–H and O–H groups in total. The second-order valence-corrected chi connectivity index (χ2v) is 7.95. The van der Waals surface area contributed by atoms with Crippen molar-refractivity contribution in [2.75, 3.05) is 25.1 Å². The van der Waals surface area contributed by atoms with Crippen LogP contribution in [0.3, 0.4) is 0 Å². The number of anilines is 1. The van der Waals surface area contributed by atoms with Crippen LogP contribution in [-0.2, 0) is 15.1 Å². The van der Waals surface area contributed by atoms with Crippen molar-refractivity contribution in [1.29, 1.82) is 0 Å². The fourth-order valence-electron chi connectivity index (χ4n) is 3.73. The fraction of sp³-hybridized carbons (Fsp3) is 0.348. The molecule has 1 fully saturated rings. The summed E-state index contributed by atoms with van der Waals surface area (Å²) >= 11 is 0. The summed E-state index contributed by atoms with van der Waals surface area (Å²) in [5.41, 5.74) is 1.89. The molecule has 1 atom stereocenters. The van der Waals surface area contributed by atoms with E-state index in [0.717, 1.165) is 22.4 Å². The van der Waals surface area contributed by atoms with Crippen LogP contribution in [0.2, 0.25) is 0 Å². The quantitative estimate of drug-likeness (QED) is 0.737. The molecule has 0 bridgehead atoms. The number of imide groups is 1. The molecular weight excluding hydrogens is 398 g/mol. The van der Waals surface area contributed by atoms with Gasteiger partial charge in [0.05, 0.1) is 13.2 Å². The van der Waals surface area contributed by atoms with E-state index < -0.39 is 23.4 Å². The van der Waals surface area contributed by atoms with Crippen molar-refractivity contribution in [2.24, 2.45) is 0 Å². The molecule has 1 unspecified atom stereocenters. The number of rotatable bonds is 4. The normalized spacial score (nSPS) is 20.3. The highest BCUT2D eigenvalue weighted by Gasteiger charge is 2.49. The van der Waals surface area contributed by atoms with Gasteiger partial charge in [0.25, 0.3) is 5.91 Å². The van der Waals surface area contributed by atoms with Gasteiger partial charge in [-0.3, -0.25) is 14.5 Å². The number of ether oxygens (including phenoxy) is 2. The smallest absolute Gasteiger partial charge is 0.325 e. The highest BCUT2D eigenvalue weighted by molar-refractivity contribution is 6.10. The van der Waals surface area contributed by atoms with Crippen LogP contribution in [-0.4, -0.2) is 42.5 Å². The molecule has 0 radical (unpaired) electrons. The van der Waals surface area contributed by atoms with Crippen molar-refractivity contribution in [3.63, 3.8) is 0 Å². The Kier molecular flexibility index (Phi) is 5.31. The van der Waals surface area contributed by atoms with Crippen molar-refractivity contribution in [3.05, 3.63) is 53.1 Å². The molecule has 4 amide bonds. The lowest BCUT2D eigenvalue weighted by Gasteiger charge is -2.23. The predicted molar refractivity (Wildman–Crippen MR) is 114 cm³/mol. The van der Waals surface area contributed by atoms with Gasteiger partial charge in [0.1, 0.15) is 12.1 Å². The lowest BCUT2D eigenvalue weighted by atomic mass is 9.91. The summed E-state index contributed by atoms with van der Waals surface area (Å²) < 4.78 is 11.3. The van der Waals surface area contributed by atoms with Crippen molar-refractivity contribution >= 4 is 23.5 Å². The number of urea groups is 1. The van der Waals surface area contributed by atoms with E-state index in [2.05, 4.69) is 10.6 Å². The van der Waals surface area contributed by atoms with E-state index in [0.29, 0.717) is 36.0 Å². The first-order valence-electron chi connectivity index (χ1n) is 10.2. The van der Waals surface area contributed by atoms with Crippen LogP contribution >= 0.6 is 0 Å². The summed E-state index contributed by atoms with van der Waals surface area (Å²) in [5, 5.41) is 5.50. The van der Waals surface area contributed by atoms with Crippen LogP contribution < -0.4 is 20.1 Å². The Labute approximate surface area is 180 Å². The number of carbonyl (C=O) groups excluding carboxylic acids is 3. The number of benzene rings is 2. The van der Waals surface area contributed by atoms with Crippen LogP contribution in [0.4, 0.5) is 10.5 Å². The number of aryl methyl sites for hydroxylation is 1. The molecule has 1 saturated heterocycles. The van der Waals surface area contributed by atoms with Crippen LogP contribution in [0, 0.1) is 13.8 Å². The standard InChI is InChI=1S/C23H25N3O5/c1-14-6-4-7-17(15(14)2)24-20(27)13-26-21(28)23(3,25-22(26)29)16-8-9-18-19(12-16)31-11-5-10-30-18/h4,6-9,12H,5,10-11,13H2,1-3H3,(H,24,27)(H,25,29). The number of nitrogens with zero attached hydrogens (tertiary/aromatic N) is 1. The maximum Gasteiger partial charge on any atom is 0.325 e. The molecule has 31 heavy (non-hydrogen) atoms. The van der Waals surface area contributed by atoms with Gasteiger partial charge >= 0.3 is 6.03 Å². The van der Waals surface area contributed by atoms with Gasteiger partial charge in [-0.15, -0.1) is 0 Å². The van der Waals surface area contributed by atoms with Crippen LogP contribution in [0.25, 0.3) is 0 Å². The highest BCUT2D eigenvalue weighted by Crippen LogP contribution is 2.36. The Morgan fingerprint density at radius 2 is 1.87 bits per heavy atom. The van der Waals surface area contributed by atoms with Gasteiger partial charge in [-0.25, -0.2) is 4.79 Å². The van der Waals surface area contributed by atoms with E-state index in [1.54, 1.807) is 31.2 Å². The van der Waals surface area contributed by atoms with Gasteiger partial charge in [0.2, 0.25) is 5.91 Å². The Morgan fingerprint density at radius 1 is 1.13 bits per heavy atom. The first-order chi connectivity index (χ1) is 14.8. The third-order valence-corrected chi connectivity index (χ3v) is 5.78. The number of fused-ring (bicyclic) bond motifs is 1.